The molecule has 2 bridgehead atoms. The highest BCUT2D eigenvalue weighted by Crippen LogP contribution is 2.70. The number of hydrogen-bond acceptors (Lipinski definition) is 3. The predicted molar refractivity (Wildman–Crippen MR) is 128 cm³/mol. The number of nitrogens with zero attached hydrogens (tertiary/aromatic N) is 1. The Kier molecular flexibility index (Phi) is 4.07. The number of anilines is 1. The van der Waals surface area contributed by atoms with Crippen molar-refractivity contribution in [3.05, 3.63) is 101 Å². The van der Waals surface area contributed by atoms with Crippen molar-refractivity contribution in [2.45, 2.75) is 15.6 Å². The number of Topliss-reactive ketones (excluding diaryl/α,β-unsaturated/α-hetero) is 1. The van der Waals surface area contributed by atoms with Gasteiger partial charge in [0, 0.05) is 5.56 Å². The summed E-state index contributed by atoms with van der Waals surface area (Å²) in [5.41, 5.74) is 5.05. The monoisotopic (exact) mass is 549 g/mol. The summed E-state index contributed by atoms with van der Waals surface area (Å²) >= 11 is 7.99. The Morgan fingerprint density at radius 1 is 0.719 bits per heavy atom. The van der Waals surface area contributed by atoms with E-state index in [4.69, 9.17) is 0 Å². The number of alkyl halides is 2. The molecule has 1 aliphatic heterocycles. The molecule has 6 heteroatoms. The van der Waals surface area contributed by atoms with Crippen LogP contribution in [0.5, 0.6) is 0 Å². The first-order chi connectivity index (χ1) is 15.3. The van der Waals surface area contributed by atoms with Crippen molar-refractivity contribution in [1.29, 1.82) is 0 Å². The van der Waals surface area contributed by atoms with Gasteiger partial charge in [-0.3, -0.25) is 14.4 Å². The first-order valence-corrected chi connectivity index (χ1v) is 12.0. The maximum absolute atomic E-state index is 13.9. The molecule has 2 atom stereocenters. The molecule has 0 N–H and O–H groups in total. The molecule has 158 valence electrons. The van der Waals surface area contributed by atoms with Crippen LogP contribution in [0.15, 0.2) is 72.8 Å². The second kappa shape index (κ2) is 6.49. The molecule has 0 saturated carbocycles. The Hall–Kier alpha value is -2.57. The predicted octanol–water partition coefficient (Wildman–Crippen LogP) is 5.30. The highest BCUT2D eigenvalue weighted by atomic mass is 79.9. The minimum atomic E-state index is -0.804. The number of ketones is 1. The lowest BCUT2D eigenvalue weighted by Gasteiger charge is -2.55. The topological polar surface area (TPSA) is 54.5 Å². The molecule has 0 spiro atoms. The molecule has 2 amide bonds. The van der Waals surface area contributed by atoms with Gasteiger partial charge in [0.15, 0.2) is 5.78 Å². The van der Waals surface area contributed by atoms with E-state index < -0.39 is 20.5 Å². The molecule has 3 aromatic rings. The molecule has 1 heterocycles. The summed E-state index contributed by atoms with van der Waals surface area (Å²) in [6, 6.07) is 22.7. The third kappa shape index (κ3) is 2.20. The largest absolute Gasteiger partial charge is 0.295 e. The van der Waals surface area contributed by atoms with Gasteiger partial charge < -0.3 is 0 Å². The fraction of sp³-hybridized carbons (Fsp3) is 0.192. The van der Waals surface area contributed by atoms with Gasteiger partial charge in [-0.1, -0.05) is 80.4 Å². The molecule has 0 radical (unpaired) electrons. The highest BCUT2D eigenvalue weighted by Gasteiger charge is 2.72. The molecule has 3 aromatic carbocycles. The molecular formula is C26H17Br2NO3. The first kappa shape index (κ1) is 20.1. The summed E-state index contributed by atoms with van der Waals surface area (Å²) in [7, 11) is 0. The average molecular weight is 551 g/mol. The molecule has 3 aliphatic carbocycles. The number of halogens is 2. The second-order valence-electron chi connectivity index (χ2n) is 8.58. The molecule has 1 fully saturated rings. The van der Waals surface area contributed by atoms with Crippen LogP contribution in [0.2, 0.25) is 0 Å². The van der Waals surface area contributed by atoms with Crippen LogP contribution in [0.4, 0.5) is 5.69 Å². The molecule has 32 heavy (non-hydrogen) atoms. The SMILES string of the molecule is CC(=O)c1ccc(N2C(=O)[C@@H]3[C@@H](C2=O)C2(Br)c4ccccc4C3(Br)c3ccccc32)cc1. The smallest absolute Gasteiger partial charge is 0.239 e. The van der Waals surface area contributed by atoms with Crippen molar-refractivity contribution in [1.82, 2.24) is 0 Å². The van der Waals surface area contributed by atoms with Crippen LogP contribution in [-0.4, -0.2) is 17.6 Å². The fourth-order valence-corrected chi connectivity index (χ4v) is 8.07. The van der Waals surface area contributed by atoms with Crippen LogP contribution in [-0.2, 0) is 18.2 Å². The van der Waals surface area contributed by atoms with Gasteiger partial charge in [0.1, 0.15) is 0 Å². The van der Waals surface area contributed by atoms with Crippen molar-refractivity contribution in [3.8, 4) is 0 Å². The molecule has 7 rings (SSSR count). The molecule has 0 aromatic heterocycles. The Morgan fingerprint density at radius 2 is 1.09 bits per heavy atom. The van der Waals surface area contributed by atoms with Crippen molar-refractivity contribution in [2.24, 2.45) is 11.8 Å². The van der Waals surface area contributed by atoms with E-state index in [1.807, 2.05) is 48.5 Å². The third-order valence-corrected chi connectivity index (χ3v) is 9.81. The van der Waals surface area contributed by atoms with Crippen molar-refractivity contribution < 1.29 is 14.4 Å². The third-order valence-electron chi connectivity index (χ3n) is 7.12. The lowest BCUT2D eigenvalue weighted by molar-refractivity contribution is -0.122. The number of rotatable bonds is 2. The van der Waals surface area contributed by atoms with Gasteiger partial charge in [0.05, 0.1) is 26.2 Å². The van der Waals surface area contributed by atoms with Gasteiger partial charge in [-0.15, -0.1) is 0 Å². The first-order valence-electron chi connectivity index (χ1n) is 10.4. The molecular weight excluding hydrogens is 534 g/mol. The fourth-order valence-electron chi connectivity index (χ4n) is 5.77. The highest BCUT2D eigenvalue weighted by molar-refractivity contribution is 9.10. The van der Waals surface area contributed by atoms with Crippen molar-refractivity contribution in [2.75, 3.05) is 4.90 Å². The second-order valence-corrected chi connectivity index (χ2v) is 11.1. The summed E-state index contributed by atoms with van der Waals surface area (Å²) in [5, 5.41) is 0. The van der Waals surface area contributed by atoms with E-state index in [2.05, 4.69) is 31.9 Å². The van der Waals surface area contributed by atoms with E-state index in [1.165, 1.54) is 11.8 Å². The Labute approximate surface area is 201 Å². The van der Waals surface area contributed by atoms with Crippen LogP contribution in [0.3, 0.4) is 0 Å². The van der Waals surface area contributed by atoms with Crippen molar-refractivity contribution >= 4 is 55.1 Å². The minimum absolute atomic E-state index is 0.0629. The normalized spacial score (nSPS) is 29.5. The summed E-state index contributed by atoms with van der Waals surface area (Å²) in [4.78, 5) is 40.8. The van der Waals surface area contributed by atoms with Crippen LogP contribution in [0.1, 0.15) is 39.5 Å². The molecule has 0 unspecified atom stereocenters. The van der Waals surface area contributed by atoms with E-state index in [9.17, 15) is 14.4 Å². The summed E-state index contributed by atoms with van der Waals surface area (Å²) in [6.45, 7) is 1.49. The molecule has 4 nitrogen and oxygen atoms in total. The number of carbonyl (C=O) groups is 3. The summed E-state index contributed by atoms with van der Waals surface area (Å²) < 4.78 is -1.61. The van der Waals surface area contributed by atoms with Gasteiger partial charge in [-0.2, -0.15) is 0 Å². The number of hydrogen-bond donors (Lipinski definition) is 0. The van der Waals surface area contributed by atoms with Crippen LogP contribution in [0, 0.1) is 11.8 Å². The molecule has 1 saturated heterocycles. The van der Waals surface area contributed by atoms with Crippen molar-refractivity contribution in [3.63, 3.8) is 0 Å². The molecule has 4 aliphatic rings. The number of benzene rings is 3. The number of carbonyl (C=O) groups excluding carboxylic acids is 3. The Morgan fingerprint density at radius 3 is 1.44 bits per heavy atom. The Balaban J connectivity index is 1.60. The maximum Gasteiger partial charge on any atom is 0.239 e. The minimum Gasteiger partial charge on any atom is -0.295 e. The Bertz CT molecular complexity index is 1230. The quantitative estimate of drug-likeness (QED) is 0.247. The summed E-state index contributed by atoms with van der Waals surface area (Å²) in [5.74, 6) is -1.74. The van der Waals surface area contributed by atoms with E-state index in [-0.39, 0.29) is 17.6 Å². The van der Waals surface area contributed by atoms with E-state index in [0.717, 1.165) is 22.3 Å². The van der Waals surface area contributed by atoms with Gasteiger partial charge in [-0.05, 0) is 53.4 Å². The van der Waals surface area contributed by atoms with E-state index >= 15 is 0 Å². The zero-order valence-corrected chi connectivity index (χ0v) is 20.2. The lowest BCUT2D eigenvalue weighted by Crippen LogP contribution is -2.56. The van der Waals surface area contributed by atoms with Crippen LogP contribution in [0.25, 0.3) is 0 Å². The van der Waals surface area contributed by atoms with Gasteiger partial charge in [0.25, 0.3) is 0 Å². The maximum atomic E-state index is 13.9. The van der Waals surface area contributed by atoms with Crippen LogP contribution < -0.4 is 4.90 Å². The van der Waals surface area contributed by atoms with E-state index in [0.29, 0.717) is 11.3 Å². The number of imide groups is 1. The zero-order valence-electron chi connectivity index (χ0n) is 17.0. The van der Waals surface area contributed by atoms with Gasteiger partial charge in [-0.25, -0.2) is 4.90 Å². The van der Waals surface area contributed by atoms with Gasteiger partial charge in [0.2, 0.25) is 11.8 Å². The van der Waals surface area contributed by atoms with E-state index in [1.54, 1.807) is 24.3 Å². The zero-order chi connectivity index (χ0) is 22.4. The average Bonchev–Trinajstić information content (AvgIpc) is 3.08. The lowest BCUT2D eigenvalue weighted by atomic mass is 9.54. The van der Waals surface area contributed by atoms with Gasteiger partial charge >= 0.3 is 0 Å². The standard InChI is InChI=1S/C26H17Br2NO3/c1-14(30)15-10-12-16(13-11-15)29-23(31)21-22(24(29)32)26(28)18-7-3-2-6-17(18)25(21,27)19-8-4-5-9-20(19)26/h2-13,21-22H,1H3/t21-,22-,25?,26?/m0/s1. The van der Waals surface area contributed by atoms with Crippen LogP contribution >= 0.6 is 31.9 Å². The summed E-state index contributed by atoms with van der Waals surface area (Å²) in [6.07, 6.45) is 0. The number of amides is 2.